The summed E-state index contributed by atoms with van der Waals surface area (Å²) >= 11 is 0. The third-order valence-corrected chi connectivity index (χ3v) is 3.69. The second kappa shape index (κ2) is 9.07. The molecule has 0 heterocycles. The van der Waals surface area contributed by atoms with Gasteiger partial charge in [-0.1, -0.05) is 45.4 Å². The van der Waals surface area contributed by atoms with Crippen LogP contribution in [0.15, 0.2) is 30.3 Å². The molecule has 5 nitrogen and oxygen atoms in total. The average Bonchev–Trinajstić information content (AvgIpc) is 2.45. The van der Waals surface area contributed by atoms with Crippen molar-refractivity contribution in [2.75, 3.05) is 5.43 Å². The topological polar surface area (TPSA) is 78.4 Å². The van der Waals surface area contributed by atoms with E-state index in [1.165, 1.54) is 0 Å². The van der Waals surface area contributed by atoms with Crippen LogP contribution < -0.4 is 10.9 Å². The molecule has 3 N–H and O–H groups in total. The minimum atomic E-state index is -0.822. The second-order valence-corrected chi connectivity index (χ2v) is 6.14. The van der Waals surface area contributed by atoms with Gasteiger partial charge in [-0.3, -0.25) is 20.4 Å². The van der Waals surface area contributed by atoms with Gasteiger partial charge in [0.1, 0.15) is 0 Å². The van der Waals surface area contributed by atoms with Gasteiger partial charge in [0.2, 0.25) is 5.91 Å². The number of hydrogen-bond donors (Lipinski definition) is 3. The monoisotopic (exact) mass is 306 g/mol. The lowest BCUT2D eigenvalue weighted by Crippen LogP contribution is -2.33. The molecule has 1 amide bonds. The lowest BCUT2D eigenvalue weighted by molar-refractivity contribution is -0.144. The van der Waals surface area contributed by atoms with Gasteiger partial charge >= 0.3 is 5.97 Å². The van der Waals surface area contributed by atoms with Gasteiger partial charge in [0.15, 0.2) is 0 Å². The Labute approximate surface area is 132 Å². The fourth-order valence-corrected chi connectivity index (χ4v) is 2.31. The molecule has 0 saturated carbocycles. The van der Waals surface area contributed by atoms with Crippen molar-refractivity contribution in [1.82, 2.24) is 5.43 Å². The molecule has 0 aliphatic heterocycles. The summed E-state index contributed by atoms with van der Waals surface area (Å²) in [5.41, 5.74) is 6.22. The molecule has 0 fully saturated rings. The molecular formula is C17H26N2O3. The molecular weight excluding hydrogens is 280 g/mol. The number of carboxylic acids is 1. The van der Waals surface area contributed by atoms with E-state index < -0.39 is 11.9 Å². The van der Waals surface area contributed by atoms with E-state index in [0.717, 1.165) is 12.1 Å². The van der Waals surface area contributed by atoms with E-state index in [1.54, 1.807) is 0 Å². The van der Waals surface area contributed by atoms with Gasteiger partial charge in [-0.05, 0) is 30.4 Å². The normalized spacial score (nSPS) is 13.5. The minimum Gasteiger partial charge on any atom is -0.481 e. The molecule has 1 rings (SSSR count). The maximum Gasteiger partial charge on any atom is 0.306 e. The summed E-state index contributed by atoms with van der Waals surface area (Å²) < 4.78 is 0. The van der Waals surface area contributed by atoms with Crippen molar-refractivity contribution in [3.63, 3.8) is 0 Å². The zero-order valence-electron chi connectivity index (χ0n) is 13.5. The zero-order valence-corrected chi connectivity index (χ0v) is 13.5. The molecule has 0 saturated heterocycles. The van der Waals surface area contributed by atoms with Crippen LogP contribution in [0.1, 0.15) is 40.0 Å². The molecule has 1 aromatic carbocycles. The van der Waals surface area contributed by atoms with Crippen LogP contribution >= 0.6 is 0 Å². The molecule has 2 atom stereocenters. The fraction of sp³-hybridized carbons (Fsp3) is 0.529. The fourth-order valence-electron chi connectivity index (χ4n) is 2.31. The van der Waals surface area contributed by atoms with Gasteiger partial charge in [0.25, 0.3) is 0 Å². The Balaban J connectivity index is 2.44. The highest BCUT2D eigenvalue weighted by Crippen LogP contribution is 2.23. The van der Waals surface area contributed by atoms with Crippen molar-refractivity contribution in [3.05, 3.63) is 30.3 Å². The number of carboxylic acid groups (broad SMARTS) is 1. The van der Waals surface area contributed by atoms with Gasteiger partial charge in [-0.15, -0.1) is 0 Å². The first-order chi connectivity index (χ1) is 10.4. The molecule has 0 aromatic heterocycles. The van der Waals surface area contributed by atoms with E-state index in [1.807, 2.05) is 37.3 Å². The number of para-hydroxylation sites is 1. The number of aliphatic carboxylic acids is 1. The third-order valence-electron chi connectivity index (χ3n) is 3.69. The van der Waals surface area contributed by atoms with Gasteiger partial charge in [0, 0.05) is 6.42 Å². The van der Waals surface area contributed by atoms with Crippen molar-refractivity contribution in [2.45, 2.75) is 40.0 Å². The largest absolute Gasteiger partial charge is 0.481 e. The van der Waals surface area contributed by atoms with Crippen LogP contribution in [0.25, 0.3) is 0 Å². The quantitative estimate of drug-likeness (QED) is 0.612. The van der Waals surface area contributed by atoms with E-state index in [2.05, 4.69) is 24.7 Å². The standard InChI is InChI=1S/C17H26N2O3/c1-12(2)9-10-15(17(21)22)13(3)11-16(20)19-18-14-7-5-4-6-8-14/h4-8,12-13,15,18H,9-11H2,1-3H3,(H,19,20)(H,21,22)/t13-,15+/m1/s1. The summed E-state index contributed by atoms with van der Waals surface area (Å²) in [5.74, 6) is -1.24. The van der Waals surface area contributed by atoms with Crippen LogP contribution in [-0.2, 0) is 9.59 Å². The average molecular weight is 306 g/mol. The Morgan fingerprint density at radius 1 is 1.09 bits per heavy atom. The van der Waals surface area contributed by atoms with Gasteiger partial charge in [-0.2, -0.15) is 0 Å². The molecule has 0 aliphatic rings. The van der Waals surface area contributed by atoms with Gasteiger partial charge in [-0.25, -0.2) is 0 Å². The van der Waals surface area contributed by atoms with Crippen LogP contribution in [0, 0.1) is 17.8 Å². The van der Waals surface area contributed by atoms with Crippen LogP contribution in [0.3, 0.4) is 0 Å². The predicted molar refractivity (Wildman–Crippen MR) is 87.2 cm³/mol. The summed E-state index contributed by atoms with van der Waals surface area (Å²) in [6.45, 7) is 5.96. The number of hydrazine groups is 1. The molecule has 0 unspecified atom stereocenters. The van der Waals surface area contributed by atoms with Crippen LogP contribution in [0.2, 0.25) is 0 Å². The number of benzene rings is 1. The summed E-state index contributed by atoms with van der Waals surface area (Å²) in [6.07, 6.45) is 1.65. The molecule has 1 aromatic rings. The van der Waals surface area contributed by atoms with Crippen LogP contribution in [0.4, 0.5) is 5.69 Å². The molecule has 0 spiro atoms. The van der Waals surface area contributed by atoms with E-state index in [-0.39, 0.29) is 18.2 Å². The van der Waals surface area contributed by atoms with Crippen molar-refractivity contribution in [2.24, 2.45) is 17.8 Å². The number of nitrogens with one attached hydrogen (secondary N) is 2. The van der Waals surface area contributed by atoms with Crippen molar-refractivity contribution in [3.8, 4) is 0 Å². The van der Waals surface area contributed by atoms with Gasteiger partial charge < -0.3 is 5.11 Å². The third kappa shape index (κ3) is 6.61. The highest BCUT2D eigenvalue weighted by molar-refractivity contribution is 5.79. The van der Waals surface area contributed by atoms with E-state index in [4.69, 9.17) is 0 Å². The molecule has 122 valence electrons. The Kier molecular flexibility index (Phi) is 7.43. The number of rotatable bonds is 9. The lowest BCUT2D eigenvalue weighted by Gasteiger charge is -2.20. The molecule has 22 heavy (non-hydrogen) atoms. The Morgan fingerprint density at radius 3 is 2.27 bits per heavy atom. The van der Waals surface area contributed by atoms with E-state index >= 15 is 0 Å². The smallest absolute Gasteiger partial charge is 0.306 e. The maximum atomic E-state index is 11.9. The second-order valence-electron chi connectivity index (χ2n) is 6.14. The summed E-state index contributed by atoms with van der Waals surface area (Å²) in [6, 6.07) is 9.30. The Bertz CT molecular complexity index is 474. The highest BCUT2D eigenvalue weighted by atomic mass is 16.4. The number of anilines is 1. The van der Waals surface area contributed by atoms with Crippen molar-refractivity contribution >= 4 is 17.6 Å². The predicted octanol–water partition coefficient (Wildman–Crippen LogP) is 3.29. The first-order valence-electron chi connectivity index (χ1n) is 7.72. The Morgan fingerprint density at radius 2 is 1.73 bits per heavy atom. The molecule has 0 radical (unpaired) electrons. The molecule has 5 heteroatoms. The summed E-state index contributed by atoms with van der Waals surface area (Å²) in [4.78, 5) is 23.3. The number of amides is 1. The minimum absolute atomic E-state index is 0.189. The highest BCUT2D eigenvalue weighted by Gasteiger charge is 2.26. The Hall–Kier alpha value is -2.04. The summed E-state index contributed by atoms with van der Waals surface area (Å²) in [7, 11) is 0. The van der Waals surface area contributed by atoms with Crippen molar-refractivity contribution < 1.29 is 14.7 Å². The summed E-state index contributed by atoms with van der Waals surface area (Å²) in [5, 5.41) is 9.33. The number of hydrogen-bond acceptors (Lipinski definition) is 3. The first-order valence-corrected chi connectivity index (χ1v) is 7.72. The zero-order chi connectivity index (χ0) is 16.5. The maximum absolute atomic E-state index is 11.9. The van der Waals surface area contributed by atoms with Gasteiger partial charge in [0.05, 0.1) is 11.6 Å². The number of carbonyl (C=O) groups is 2. The SMILES string of the molecule is CC(C)CC[C@H](C(=O)O)[C@H](C)CC(=O)NNc1ccccc1. The first kappa shape index (κ1) is 18.0. The molecule has 0 bridgehead atoms. The van der Waals surface area contributed by atoms with Crippen molar-refractivity contribution in [1.29, 1.82) is 0 Å². The van der Waals surface area contributed by atoms with E-state index in [9.17, 15) is 14.7 Å². The van der Waals surface area contributed by atoms with E-state index in [0.29, 0.717) is 12.3 Å². The van der Waals surface area contributed by atoms with Crippen LogP contribution in [0.5, 0.6) is 0 Å². The van der Waals surface area contributed by atoms with Crippen LogP contribution in [-0.4, -0.2) is 17.0 Å². The molecule has 0 aliphatic carbocycles. The lowest BCUT2D eigenvalue weighted by atomic mass is 9.85. The number of carbonyl (C=O) groups excluding carboxylic acids is 1.